The summed E-state index contributed by atoms with van der Waals surface area (Å²) >= 11 is 0. The van der Waals surface area contributed by atoms with E-state index in [0.29, 0.717) is 38.5 Å². The molecule has 2 aromatic rings. The Kier molecular flexibility index (Phi) is 4.87. The van der Waals surface area contributed by atoms with E-state index >= 15 is 0 Å². The minimum Gasteiger partial charge on any atom is -0.321 e. The zero-order valence-corrected chi connectivity index (χ0v) is 17.2. The summed E-state index contributed by atoms with van der Waals surface area (Å²) in [6.07, 6.45) is 4.76. The van der Waals surface area contributed by atoms with E-state index in [1.165, 1.54) is 12.8 Å². The Labute approximate surface area is 171 Å². The molecular formula is C24H27N2O3+. The number of amides is 1. The molecule has 0 heterocycles. The van der Waals surface area contributed by atoms with Gasteiger partial charge >= 0.3 is 0 Å². The van der Waals surface area contributed by atoms with Gasteiger partial charge < -0.3 is 9.80 Å². The molecule has 29 heavy (non-hydrogen) atoms. The molecule has 0 radical (unpaired) electrons. The lowest BCUT2D eigenvalue weighted by molar-refractivity contribution is -0.927. The first-order valence-electron chi connectivity index (χ1n) is 10.3. The molecule has 4 rings (SSSR count). The zero-order valence-electron chi connectivity index (χ0n) is 17.2. The maximum atomic E-state index is 12.9. The molecule has 0 saturated heterocycles. The minimum atomic E-state index is -0.216. The van der Waals surface area contributed by atoms with Gasteiger partial charge in [-0.15, -0.1) is 0 Å². The van der Waals surface area contributed by atoms with Gasteiger partial charge in [0, 0.05) is 27.9 Å². The Balaban J connectivity index is 1.57. The van der Waals surface area contributed by atoms with Crippen LogP contribution in [0.2, 0.25) is 0 Å². The van der Waals surface area contributed by atoms with E-state index in [1.807, 2.05) is 6.92 Å². The fourth-order valence-corrected chi connectivity index (χ4v) is 4.61. The zero-order chi connectivity index (χ0) is 20.8. The normalized spacial score (nSPS) is 17.6. The standard InChI is InChI=1S/C24H26N2O3/c1-15(26(2,3)17-8-4-5-9-17)24(29)25-16-12-13-20-21(14-16)23(28)19-11-7-6-10-18(19)22(20)27/h6-7,10-15,17H,4-5,8-9H2,1-3H3/p+1/t15-/m1/s1. The summed E-state index contributed by atoms with van der Waals surface area (Å²) < 4.78 is 0.654. The van der Waals surface area contributed by atoms with Crippen molar-refractivity contribution in [3.05, 3.63) is 64.7 Å². The molecule has 5 heteroatoms. The summed E-state index contributed by atoms with van der Waals surface area (Å²) in [6.45, 7) is 1.96. The van der Waals surface area contributed by atoms with Gasteiger partial charge in [-0.1, -0.05) is 24.3 Å². The van der Waals surface area contributed by atoms with E-state index in [4.69, 9.17) is 0 Å². The lowest BCUT2D eigenvalue weighted by Gasteiger charge is -2.40. The van der Waals surface area contributed by atoms with Gasteiger partial charge in [-0.25, -0.2) is 0 Å². The SMILES string of the molecule is C[C@H](C(=O)Nc1ccc2c(c1)C(=O)c1ccccc1C2=O)[N+](C)(C)C1CCCC1. The molecule has 1 N–H and O–H groups in total. The molecular weight excluding hydrogens is 364 g/mol. The number of hydrogen-bond donors (Lipinski definition) is 1. The number of likely N-dealkylation sites (N-methyl/N-ethyl adjacent to an activating group) is 1. The Bertz CT molecular complexity index is 1000. The summed E-state index contributed by atoms with van der Waals surface area (Å²) in [4.78, 5) is 38.6. The van der Waals surface area contributed by atoms with E-state index in [0.717, 1.165) is 12.8 Å². The maximum absolute atomic E-state index is 12.9. The molecule has 2 aliphatic rings. The average molecular weight is 391 g/mol. The van der Waals surface area contributed by atoms with Crippen molar-refractivity contribution in [2.45, 2.75) is 44.7 Å². The van der Waals surface area contributed by atoms with Crippen molar-refractivity contribution in [1.29, 1.82) is 0 Å². The molecule has 0 aromatic heterocycles. The van der Waals surface area contributed by atoms with Crippen LogP contribution in [0.5, 0.6) is 0 Å². The maximum Gasteiger partial charge on any atom is 0.282 e. The molecule has 150 valence electrons. The number of nitrogens with zero attached hydrogens (tertiary/aromatic N) is 1. The largest absolute Gasteiger partial charge is 0.321 e. The van der Waals surface area contributed by atoms with Gasteiger partial charge in [0.05, 0.1) is 20.1 Å². The van der Waals surface area contributed by atoms with E-state index in [-0.39, 0.29) is 23.5 Å². The monoisotopic (exact) mass is 391 g/mol. The topological polar surface area (TPSA) is 63.2 Å². The first-order valence-corrected chi connectivity index (χ1v) is 10.3. The van der Waals surface area contributed by atoms with E-state index in [1.54, 1.807) is 42.5 Å². The van der Waals surface area contributed by atoms with Crippen LogP contribution in [0.4, 0.5) is 5.69 Å². The highest BCUT2D eigenvalue weighted by atomic mass is 16.2. The molecule has 1 amide bonds. The quantitative estimate of drug-likeness (QED) is 0.688. The number of anilines is 1. The number of hydrogen-bond acceptors (Lipinski definition) is 3. The highest BCUT2D eigenvalue weighted by Crippen LogP contribution is 2.31. The number of quaternary nitrogens is 1. The van der Waals surface area contributed by atoms with Crippen LogP contribution in [0.1, 0.15) is 64.4 Å². The second kappa shape index (κ2) is 7.23. The number of carbonyl (C=O) groups excluding carboxylic acids is 3. The first kappa shape index (κ1) is 19.5. The van der Waals surface area contributed by atoms with Gasteiger partial charge in [0.1, 0.15) is 0 Å². The average Bonchev–Trinajstić information content (AvgIpc) is 3.27. The predicted octanol–water partition coefficient (Wildman–Crippen LogP) is 3.81. The van der Waals surface area contributed by atoms with Gasteiger partial charge in [-0.05, 0) is 50.8 Å². The van der Waals surface area contributed by atoms with Crippen molar-refractivity contribution in [2.24, 2.45) is 0 Å². The molecule has 0 bridgehead atoms. The van der Waals surface area contributed by atoms with Crippen molar-refractivity contribution in [2.75, 3.05) is 19.4 Å². The number of nitrogens with one attached hydrogen (secondary N) is 1. The molecule has 0 aliphatic heterocycles. The van der Waals surface area contributed by atoms with Crippen molar-refractivity contribution >= 4 is 23.2 Å². The van der Waals surface area contributed by atoms with Crippen molar-refractivity contribution in [1.82, 2.24) is 0 Å². The second-order valence-corrected chi connectivity index (χ2v) is 8.70. The fourth-order valence-electron chi connectivity index (χ4n) is 4.61. The van der Waals surface area contributed by atoms with Crippen molar-refractivity contribution in [3.8, 4) is 0 Å². The fraction of sp³-hybridized carbons (Fsp3) is 0.375. The van der Waals surface area contributed by atoms with Crippen molar-refractivity contribution in [3.63, 3.8) is 0 Å². The Morgan fingerprint density at radius 2 is 1.48 bits per heavy atom. The van der Waals surface area contributed by atoms with Crippen LogP contribution in [0.3, 0.4) is 0 Å². The van der Waals surface area contributed by atoms with Gasteiger partial charge in [-0.3, -0.25) is 14.4 Å². The third-order valence-corrected chi connectivity index (χ3v) is 6.84. The molecule has 0 spiro atoms. The summed E-state index contributed by atoms with van der Waals surface area (Å²) in [5, 5.41) is 2.96. The van der Waals surface area contributed by atoms with Crippen LogP contribution in [-0.2, 0) is 4.79 Å². The van der Waals surface area contributed by atoms with Gasteiger partial charge in [-0.2, -0.15) is 0 Å². The molecule has 2 aliphatic carbocycles. The van der Waals surface area contributed by atoms with E-state index in [2.05, 4.69) is 19.4 Å². The van der Waals surface area contributed by atoms with E-state index < -0.39 is 0 Å². The van der Waals surface area contributed by atoms with Gasteiger partial charge in [0.2, 0.25) is 0 Å². The number of rotatable bonds is 4. The van der Waals surface area contributed by atoms with Crippen LogP contribution in [0, 0.1) is 0 Å². The number of benzene rings is 2. The third-order valence-electron chi connectivity index (χ3n) is 6.84. The van der Waals surface area contributed by atoms with Crippen molar-refractivity contribution < 1.29 is 18.9 Å². The van der Waals surface area contributed by atoms with Crippen LogP contribution >= 0.6 is 0 Å². The lowest BCUT2D eigenvalue weighted by atomic mass is 9.84. The highest BCUT2D eigenvalue weighted by molar-refractivity contribution is 6.28. The van der Waals surface area contributed by atoms with Crippen LogP contribution in [0.25, 0.3) is 0 Å². The Morgan fingerprint density at radius 3 is 2.10 bits per heavy atom. The molecule has 5 nitrogen and oxygen atoms in total. The van der Waals surface area contributed by atoms with E-state index in [9.17, 15) is 14.4 Å². The van der Waals surface area contributed by atoms with Crippen LogP contribution in [0.15, 0.2) is 42.5 Å². The van der Waals surface area contributed by atoms with Crippen LogP contribution < -0.4 is 5.32 Å². The highest BCUT2D eigenvalue weighted by Gasteiger charge is 2.39. The molecule has 1 atom stereocenters. The summed E-state index contributed by atoms with van der Waals surface area (Å²) in [6, 6.07) is 12.1. The minimum absolute atomic E-state index is 0.0724. The molecule has 1 saturated carbocycles. The molecule has 2 aromatic carbocycles. The second-order valence-electron chi connectivity index (χ2n) is 8.70. The van der Waals surface area contributed by atoms with Gasteiger partial charge in [0.25, 0.3) is 5.91 Å². The third kappa shape index (κ3) is 3.29. The molecule has 1 fully saturated rings. The number of ketones is 2. The number of carbonyl (C=O) groups is 3. The van der Waals surface area contributed by atoms with Crippen LogP contribution in [-0.4, -0.2) is 48.1 Å². The Hall–Kier alpha value is -2.79. The smallest absolute Gasteiger partial charge is 0.282 e. The summed E-state index contributed by atoms with van der Waals surface area (Å²) in [5.74, 6) is -0.404. The van der Waals surface area contributed by atoms with Gasteiger partial charge in [0.15, 0.2) is 17.6 Å². The number of fused-ring (bicyclic) bond motifs is 2. The first-order chi connectivity index (χ1) is 13.8. The Morgan fingerprint density at radius 1 is 0.931 bits per heavy atom. The summed E-state index contributed by atoms with van der Waals surface area (Å²) in [5.41, 5.74) is 2.14. The summed E-state index contributed by atoms with van der Waals surface area (Å²) in [7, 11) is 4.23. The lowest BCUT2D eigenvalue weighted by Crippen LogP contribution is -2.58. The predicted molar refractivity (Wildman–Crippen MR) is 112 cm³/mol. The molecule has 0 unspecified atom stereocenters.